The van der Waals surface area contributed by atoms with Crippen LogP contribution in [0.1, 0.15) is 18.7 Å². The standard InChI is InChI=1S/C6H10N4O2/c1-4(6(7)12)10-2-5(3-11)8-9-10/h2,4,11H,3H2,1H3,(H2,7,12). The van der Waals surface area contributed by atoms with E-state index in [1.165, 1.54) is 10.9 Å². The van der Waals surface area contributed by atoms with Crippen molar-refractivity contribution in [3.8, 4) is 0 Å². The molecule has 1 amide bonds. The molecule has 0 saturated carbocycles. The maximum absolute atomic E-state index is 10.7. The highest BCUT2D eigenvalue weighted by Gasteiger charge is 2.12. The second-order valence-corrected chi connectivity index (χ2v) is 2.43. The number of carbonyl (C=O) groups is 1. The van der Waals surface area contributed by atoms with Gasteiger partial charge >= 0.3 is 0 Å². The Kier molecular flexibility index (Phi) is 2.39. The molecule has 1 unspecified atom stereocenters. The van der Waals surface area contributed by atoms with Crippen LogP contribution in [0.4, 0.5) is 0 Å². The number of hydrogen-bond acceptors (Lipinski definition) is 4. The summed E-state index contributed by atoms with van der Waals surface area (Å²) in [6.45, 7) is 1.42. The van der Waals surface area contributed by atoms with Gasteiger partial charge in [-0.15, -0.1) is 5.10 Å². The van der Waals surface area contributed by atoms with E-state index in [1.807, 2.05) is 0 Å². The molecule has 0 aromatic carbocycles. The predicted molar refractivity (Wildman–Crippen MR) is 39.9 cm³/mol. The number of aliphatic hydroxyl groups excluding tert-OH is 1. The van der Waals surface area contributed by atoms with E-state index in [-0.39, 0.29) is 6.61 Å². The maximum Gasteiger partial charge on any atom is 0.242 e. The summed E-state index contributed by atoms with van der Waals surface area (Å²) in [5.74, 6) is -0.482. The minimum absolute atomic E-state index is 0.189. The predicted octanol–water partition coefficient (Wildman–Crippen LogP) is -1.18. The van der Waals surface area contributed by atoms with Crippen molar-refractivity contribution >= 4 is 5.91 Å². The quantitative estimate of drug-likeness (QED) is 0.596. The van der Waals surface area contributed by atoms with Gasteiger partial charge in [-0.05, 0) is 6.92 Å². The van der Waals surface area contributed by atoms with E-state index in [0.29, 0.717) is 5.69 Å². The maximum atomic E-state index is 10.7. The van der Waals surface area contributed by atoms with Crippen LogP contribution >= 0.6 is 0 Å². The number of primary amides is 1. The molecule has 66 valence electrons. The van der Waals surface area contributed by atoms with Crippen LogP contribution in [0, 0.1) is 0 Å². The molecule has 0 spiro atoms. The summed E-state index contributed by atoms with van der Waals surface area (Å²) in [7, 11) is 0. The number of amides is 1. The van der Waals surface area contributed by atoms with Crippen molar-refractivity contribution < 1.29 is 9.90 Å². The number of nitrogens with two attached hydrogens (primary N) is 1. The number of aliphatic hydroxyl groups is 1. The van der Waals surface area contributed by atoms with Gasteiger partial charge in [0.1, 0.15) is 11.7 Å². The topological polar surface area (TPSA) is 94.0 Å². The first-order chi connectivity index (χ1) is 5.65. The number of nitrogens with zero attached hydrogens (tertiary/aromatic N) is 3. The molecular weight excluding hydrogens is 160 g/mol. The van der Waals surface area contributed by atoms with Gasteiger partial charge in [-0.2, -0.15) is 0 Å². The van der Waals surface area contributed by atoms with Crippen LogP contribution in [0.15, 0.2) is 6.20 Å². The summed E-state index contributed by atoms with van der Waals surface area (Å²) in [4.78, 5) is 10.7. The molecular formula is C6H10N4O2. The van der Waals surface area contributed by atoms with E-state index < -0.39 is 11.9 Å². The van der Waals surface area contributed by atoms with Crippen molar-refractivity contribution in [2.75, 3.05) is 0 Å². The van der Waals surface area contributed by atoms with Gasteiger partial charge in [0.25, 0.3) is 0 Å². The summed E-state index contributed by atoms with van der Waals surface area (Å²) in [6, 6.07) is -0.530. The fourth-order valence-electron chi connectivity index (χ4n) is 0.705. The van der Waals surface area contributed by atoms with Crippen LogP contribution < -0.4 is 5.73 Å². The molecule has 1 aromatic heterocycles. The highest BCUT2D eigenvalue weighted by molar-refractivity contribution is 5.77. The molecule has 1 aromatic rings. The van der Waals surface area contributed by atoms with E-state index in [9.17, 15) is 4.79 Å². The van der Waals surface area contributed by atoms with E-state index in [2.05, 4.69) is 10.3 Å². The molecule has 1 heterocycles. The van der Waals surface area contributed by atoms with Crippen molar-refractivity contribution in [2.45, 2.75) is 19.6 Å². The number of rotatable bonds is 3. The van der Waals surface area contributed by atoms with Gasteiger partial charge in [-0.25, -0.2) is 4.68 Å². The van der Waals surface area contributed by atoms with E-state index >= 15 is 0 Å². The van der Waals surface area contributed by atoms with Crippen molar-refractivity contribution in [3.05, 3.63) is 11.9 Å². The van der Waals surface area contributed by atoms with Gasteiger partial charge in [-0.3, -0.25) is 4.79 Å². The van der Waals surface area contributed by atoms with Crippen LogP contribution in [0.3, 0.4) is 0 Å². The smallest absolute Gasteiger partial charge is 0.242 e. The first-order valence-electron chi connectivity index (χ1n) is 3.46. The Bertz CT molecular complexity index is 283. The highest BCUT2D eigenvalue weighted by atomic mass is 16.3. The van der Waals surface area contributed by atoms with Crippen LogP contribution in [0.25, 0.3) is 0 Å². The molecule has 3 N–H and O–H groups in total. The summed E-state index contributed by atoms with van der Waals surface area (Å²) in [5, 5.41) is 15.8. The van der Waals surface area contributed by atoms with Crippen molar-refractivity contribution in [2.24, 2.45) is 5.73 Å². The Balaban J connectivity index is 2.81. The molecule has 0 aliphatic rings. The van der Waals surface area contributed by atoms with Gasteiger partial charge in [0, 0.05) is 0 Å². The zero-order valence-electron chi connectivity index (χ0n) is 6.64. The second-order valence-electron chi connectivity index (χ2n) is 2.43. The molecule has 6 nitrogen and oxygen atoms in total. The van der Waals surface area contributed by atoms with Crippen molar-refractivity contribution in [1.29, 1.82) is 0 Å². The average molecular weight is 170 g/mol. The van der Waals surface area contributed by atoms with Gasteiger partial charge < -0.3 is 10.8 Å². The molecule has 0 radical (unpaired) electrons. The minimum Gasteiger partial charge on any atom is -0.390 e. The summed E-state index contributed by atoms with van der Waals surface area (Å²) >= 11 is 0. The summed E-state index contributed by atoms with van der Waals surface area (Å²) < 4.78 is 1.31. The van der Waals surface area contributed by atoms with Crippen LogP contribution in [-0.2, 0) is 11.4 Å². The molecule has 0 aliphatic carbocycles. The third-order valence-corrected chi connectivity index (χ3v) is 1.53. The molecule has 0 fully saturated rings. The second kappa shape index (κ2) is 3.31. The first kappa shape index (κ1) is 8.66. The van der Waals surface area contributed by atoms with E-state index in [1.54, 1.807) is 6.92 Å². The average Bonchev–Trinajstić information content (AvgIpc) is 2.50. The lowest BCUT2D eigenvalue weighted by atomic mass is 10.3. The van der Waals surface area contributed by atoms with Crippen LogP contribution in [0.2, 0.25) is 0 Å². The Morgan fingerprint density at radius 1 is 1.92 bits per heavy atom. The van der Waals surface area contributed by atoms with Crippen molar-refractivity contribution in [3.63, 3.8) is 0 Å². The lowest BCUT2D eigenvalue weighted by Gasteiger charge is -2.04. The zero-order valence-corrected chi connectivity index (χ0v) is 6.64. The molecule has 0 saturated heterocycles. The van der Waals surface area contributed by atoms with E-state index in [4.69, 9.17) is 10.8 Å². The fourth-order valence-corrected chi connectivity index (χ4v) is 0.705. The summed E-state index contributed by atoms with van der Waals surface area (Å²) in [6.07, 6.45) is 1.48. The Labute approximate surface area is 69.0 Å². The number of hydrogen-bond donors (Lipinski definition) is 2. The minimum atomic E-state index is -0.530. The Morgan fingerprint density at radius 3 is 3.00 bits per heavy atom. The summed E-state index contributed by atoms with van der Waals surface area (Å²) in [5.41, 5.74) is 5.45. The number of aromatic nitrogens is 3. The van der Waals surface area contributed by atoms with Gasteiger partial charge in [0.05, 0.1) is 12.8 Å². The van der Waals surface area contributed by atoms with Crippen molar-refractivity contribution in [1.82, 2.24) is 15.0 Å². The third kappa shape index (κ3) is 1.59. The molecule has 1 atom stereocenters. The van der Waals surface area contributed by atoms with Crippen LogP contribution in [-0.4, -0.2) is 26.0 Å². The highest BCUT2D eigenvalue weighted by Crippen LogP contribution is 2.02. The lowest BCUT2D eigenvalue weighted by Crippen LogP contribution is -2.24. The molecule has 6 heteroatoms. The first-order valence-corrected chi connectivity index (χ1v) is 3.46. The number of carbonyl (C=O) groups excluding carboxylic acids is 1. The van der Waals surface area contributed by atoms with Gasteiger partial charge in [0.15, 0.2) is 0 Å². The largest absolute Gasteiger partial charge is 0.390 e. The molecule has 12 heavy (non-hydrogen) atoms. The Hall–Kier alpha value is -1.43. The van der Waals surface area contributed by atoms with Gasteiger partial charge in [-0.1, -0.05) is 5.21 Å². The molecule has 0 bridgehead atoms. The Morgan fingerprint density at radius 2 is 2.58 bits per heavy atom. The molecule has 0 aliphatic heterocycles. The van der Waals surface area contributed by atoms with E-state index in [0.717, 1.165) is 0 Å². The lowest BCUT2D eigenvalue weighted by molar-refractivity contribution is -0.120. The molecule has 1 rings (SSSR count). The monoisotopic (exact) mass is 170 g/mol. The normalized spacial score (nSPS) is 12.8. The zero-order chi connectivity index (χ0) is 9.14. The fraction of sp³-hybridized carbons (Fsp3) is 0.500. The van der Waals surface area contributed by atoms with Gasteiger partial charge in [0.2, 0.25) is 5.91 Å². The SMILES string of the molecule is CC(C(N)=O)n1cc(CO)nn1. The van der Waals surface area contributed by atoms with Crippen LogP contribution in [0.5, 0.6) is 0 Å². The third-order valence-electron chi connectivity index (χ3n) is 1.53.